The van der Waals surface area contributed by atoms with Crippen molar-refractivity contribution < 1.29 is 0 Å². The summed E-state index contributed by atoms with van der Waals surface area (Å²) in [6.45, 7) is 5.73. The number of aromatic nitrogens is 1. The molecule has 3 nitrogen and oxygen atoms in total. The molecule has 1 aromatic rings. The first-order chi connectivity index (χ1) is 8.84. The van der Waals surface area contributed by atoms with Crippen LogP contribution in [0.25, 0.3) is 0 Å². The lowest BCUT2D eigenvalue weighted by molar-refractivity contribution is 0.410. The molecule has 0 aromatic carbocycles. The Morgan fingerprint density at radius 2 is 2.06 bits per heavy atom. The maximum atomic E-state index is 4.68. The van der Waals surface area contributed by atoms with Gasteiger partial charge in [0.25, 0.3) is 0 Å². The average molecular weight is 245 g/mol. The molecule has 0 aliphatic carbocycles. The van der Waals surface area contributed by atoms with E-state index in [-0.39, 0.29) is 0 Å². The van der Waals surface area contributed by atoms with Gasteiger partial charge in [-0.25, -0.2) is 4.98 Å². The number of hydrogen-bond donors (Lipinski definition) is 1. The van der Waals surface area contributed by atoms with E-state index in [2.05, 4.69) is 34.4 Å². The molecule has 2 aliphatic rings. The normalized spacial score (nSPS) is 24.5. The topological polar surface area (TPSA) is 28.2 Å². The number of nitrogens with zero attached hydrogens (tertiary/aromatic N) is 2. The van der Waals surface area contributed by atoms with E-state index in [1.165, 1.54) is 62.1 Å². The molecule has 2 aliphatic heterocycles. The summed E-state index contributed by atoms with van der Waals surface area (Å²) >= 11 is 0. The first kappa shape index (κ1) is 12.0. The minimum absolute atomic E-state index is 0.527. The van der Waals surface area contributed by atoms with Crippen molar-refractivity contribution in [3.05, 3.63) is 23.4 Å². The highest BCUT2D eigenvalue weighted by molar-refractivity contribution is 5.44. The number of nitrogens with one attached hydrogen (secondary N) is 1. The van der Waals surface area contributed by atoms with Crippen LogP contribution < -0.4 is 10.2 Å². The molecule has 0 amide bonds. The van der Waals surface area contributed by atoms with Crippen molar-refractivity contribution in [1.29, 1.82) is 0 Å². The van der Waals surface area contributed by atoms with Gasteiger partial charge in [-0.3, -0.25) is 0 Å². The smallest absolute Gasteiger partial charge is 0.128 e. The van der Waals surface area contributed by atoms with Crippen LogP contribution in [0.4, 0.5) is 5.82 Å². The molecule has 3 heteroatoms. The monoisotopic (exact) mass is 245 g/mol. The lowest BCUT2D eigenvalue weighted by atomic mass is 9.96. The molecule has 2 fully saturated rings. The van der Waals surface area contributed by atoms with Crippen LogP contribution >= 0.6 is 0 Å². The van der Waals surface area contributed by atoms with E-state index in [1.807, 2.05) is 0 Å². The largest absolute Gasteiger partial charge is 0.357 e. The molecule has 0 saturated carbocycles. The maximum Gasteiger partial charge on any atom is 0.128 e. The summed E-state index contributed by atoms with van der Waals surface area (Å²) < 4.78 is 0. The summed E-state index contributed by atoms with van der Waals surface area (Å²) in [4.78, 5) is 7.09. The highest BCUT2D eigenvalue weighted by Gasteiger charge is 2.19. The number of pyridine rings is 1. The zero-order chi connectivity index (χ0) is 12.4. The Morgan fingerprint density at radius 3 is 2.72 bits per heavy atom. The van der Waals surface area contributed by atoms with E-state index in [4.69, 9.17) is 0 Å². The Kier molecular flexibility index (Phi) is 3.50. The number of anilines is 1. The molecular formula is C15H23N3. The quantitative estimate of drug-likeness (QED) is 0.868. The number of aryl methyl sites for hydroxylation is 1. The standard InChI is InChI=1S/C15H23N3/c1-12-10-15(18-8-4-5-9-18)17-11-13(12)14-6-2-3-7-16-14/h10-11,14,16H,2-9H2,1H3/t14-/m1/s1. The van der Waals surface area contributed by atoms with E-state index >= 15 is 0 Å². The first-order valence-corrected chi connectivity index (χ1v) is 7.29. The molecule has 98 valence electrons. The second-order valence-corrected chi connectivity index (χ2v) is 5.60. The Bertz CT molecular complexity index is 404. The SMILES string of the molecule is Cc1cc(N2CCCC2)ncc1[C@H]1CCCCN1. The van der Waals surface area contributed by atoms with Gasteiger partial charge in [0.05, 0.1) is 0 Å². The van der Waals surface area contributed by atoms with Crippen molar-refractivity contribution in [1.82, 2.24) is 10.3 Å². The Labute approximate surface area is 110 Å². The van der Waals surface area contributed by atoms with Gasteiger partial charge in [-0.15, -0.1) is 0 Å². The molecule has 1 N–H and O–H groups in total. The van der Waals surface area contributed by atoms with E-state index in [1.54, 1.807) is 0 Å². The van der Waals surface area contributed by atoms with Gasteiger partial charge < -0.3 is 10.2 Å². The molecule has 0 radical (unpaired) electrons. The van der Waals surface area contributed by atoms with Crippen LogP contribution in [0.15, 0.2) is 12.3 Å². The summed E-state index contributed by atoms with van der Waals surface area (Å²) in [5.41, 5.74) is 2.80. The van der Waals surface area contributed by atoms with Crippen molar-refractivity contribution >= 4 is 5.82 Å². The molecule has 0 spiro atoms. The molecule has 3 rings (SSSR count). The van der Waals surface area contributed by atoms with E-state index in [0.29, 0.717) is 6.04 Å². The van der Waals surface area contributed by atoms with Crippen LogP contribution in [0.5, 0.6) is 0 Å². The maximum absolute atomic E-state index is 4.68. The van der Waals surface area contributed by atoms with Gasteiger partial charge in [0.1, 0.15) is 5.82 Å². The molecule has 2 saturated heterocycles. The Balaban J connectivity index is 1.79. The van der Waals surface area contributed by atoms with E-state index in [9.17, 15) is 0 Å². The fraction of sp³-hybridized carbons (Fsp3) is 0.667. The van der Waals surface area contributed by atoms with Crippen molar-refractivity contribution in [2.45, 2.75) is 45.1 Å². The predicted molar refractivity (Wildman–Crippen MR) is 75.0 cm³/mol. The molecule has 0 unspecified atom stereocenters. The van der Waals surface area contributed by atoms with E-state index in [0.717, 1.165) is 6.54 Å². The molecule has 0 bridgehead atoms. The molecule has 18 heavy (non-hydrogen) atoms. The van der Waals surface area contributed by atoms with Gasteiger partial charge >= 0.3 is 0 Å². The highest BCUT2D eigenvalue weighted by Crippen LogP contribution is 2.27. The fourth-order valence-electron chi connectivity index (χ4n) is 3.15. The average Bonchev–Trinajstić information content (AvgIpc) is 2.93. The molecule has 3 heterocycles. The minimum Gasteiger partial charge on any atom is -0.357 e. The summed E-state index contributed by atoms with van der Waals surface area (Å²) in [5.74, 6) is 1.17. The van der Waals surface area contributed by atoms with Gasteiger partial charge in [0.15, 0.2) is 0 Å². The van der Waals surface area contributed by atoms with Crippen LogP contribution in [0.1, 0.15) is 49.3 Å². The lowest BCUT2D eigenvalue weighted by Gasteiger charge is -2.26. The first-order valence-electron chi connectivity index (χ1n) is 7.29. The predicted octanol–water partition coefficient (Wildman–Crippen LogP) is 2.80. The van der Waals surface area contributed by atoms with Gasteiger partial charge in [0, 0.05) is 25.3 Å². The number of hydrogen-bond acceptors (Lipinski definition) is 3. The zero-order valence-corrected chi connectivity index (χ0v) is 11.3. The van der Waals surface area contributed by atoms with Crippen LogP contribution in [0.2, 0.25) is 0 Å². The van der Waals surface area contributed by atoms with Crippen molar-refractivity contribution in [3.8, 4) is 0 Å². The molecule has 1 atom stereocenters. The van der Waals surface area contributed by atoms with Gasteiger partial charge in [-0.2, -0.15) is 0 Å². The summed E-state index contributed by atoms with van der Waals surface area (Å²) in [5, 5.41) is 3.61. The lowest BCUT2D eigenvalue weighted by Crippen LogP contribution is -2.27. The summed E-state index contributed by atoms with van der Waals surface area (Å²) in [6, 6.07) is 2.80. The highest BCUT2D eigenvalue weighted by atomic mass is 15.2. The Hall–Kier alpha value is -1.09. The summed E-state index contributed by atoms with van der Waals surface area (Å²) in [6.07, 6.45) is 8.64. The molecule has 1 aromatic heterocycles. The van der Waals surface area contributed by atoms with Crippen LogP contribution in [0, 0.1) is 6.92 Å². The second-order valence-electron chi connectivity index (χ2n) is 5.60. The van der Waals surface area contributed by atoms with Gasteiger partial charge in [0.2, 0.25) is 0 Å². The van der Waals surface area contributed by atoms with Crippen molar-refractivity contribution in [2.75, 3.05) is 24.5 Å². The number of rotatable bonds is 2. The van der Waals surface area contributed by atoms with Crippen molar-refractivity contribution in [2.24, 2.45) is 0 Å². The van der Waals surface area contributed by atoms with E-state index < -0.39 is 0 Å². The van der Waals surface area contributed by atoms with Crippen LogP contribution in [0.3, 0.4) is 0 Å². The van der Waals surface area contributed by atoms with Gasteiger partial charge in [-0.1, -0.05) is 6.42 Å². The van der Waals surface area contributed by atoms with Crippen LogP contribution in [-0.4, -0.2) is 24.6 Å². The zero-order valence-electron chi connectivity index (χ0n) is 11.3. The third kappa shape index (κ3) is 2.37. The summed E-state index contributed by atoms with van der Waals surface area (Å²) in [7, 11) is 0. The third-order valence-corrected chi connectivity index (χ3v) is 4.25. The third-order valence-electron chi connectivity index (χ3n) is 4.25. The Morgan fingerprint density at radius 1 is 1.22 bits per heavy atom. The second kappa shape index (κ2) is 5.27. The van der Waals surface area contributed by atoms with Crippen LogP contribution in [-0.2, 0) is 0 Å². The minimum atomic E-state index is 0.527. The number of piperidine rings is 1. The molecular weight excluding hydrogens is 222 g/mol. The van der Waals surface area contributed by atoms with Crippen molar-refractivity contribution in [3.63, 3.8) is 0 Å². The fourth-order valence-corrected chi connectivity index (χ4v) is 3.15. The van der Waals surface area contributed by atoms with Gasteiger partial charge in [-0.05, 0) is 56.3 Å².